The van der Waals surface area contributed by atoms with Crippen molar-refractivity contribution in [3.63, 3.8) is 0 Å². The van der Waals surface area contributed by atoms with Crippen molar-refractivity contribution in [1.82, 2.24) is 9.29 Å². The third-order valence-electron chi connectivity index (χ3n) is 3.59. The van der Waals surface area contributed by atoms with Gasteiger partial charge in [-0.3, -0.25) is 9.59 Å². The summed E-state index contributed by atoms with van der Waals surface area (Å²) < 4.78 is 30.7. The summed E-state index contributed by atoms with van der Waals surface area (Å²) in [5.74, 6) is -1.12. The number of esters is 1. The van der Waals surface area contributed by atoms with Crippen LogP contribution >= 0.6 is 11.3 Å². The third-order valence-corrected chi connectivity index (χ3v) is 6.37. The summed E-state index contributed by atoms with van der Waals surface area (Å²) >= 11 is 1.43. The van der Waals surface area contributed by atoms with Gasteiger partial charge in [-0.1, -0.05) is 6.07 Å². The van der Waals surface area contributed by atoms with E-state index in [-0.39, 0.29) is 11.3 Å². The van der Waals surface area contributed by atoms with Crippen molar-refractivity contribution in [3.05, 3.63) is 39.8 Å². The van der Waals surface area contributed by atoms with Crippen LogP contribution in [-0.4, -0.2) is 50.3 Å². The molecule has 27 heavy (non-hydrogen) atoms. The Kier molecular flexibility index (Phi) is 6.68. The van der Waals surface area contributed by atoms with Gasteiger partial charge < -0.3 is 10.1 Å². The van der Waals surface area contributed by atoms with E-state index in [4.69, 9.17) is 4.74 Å². The van der Waals surface area contributed by atoms with Crippen LogP contribution in [0.4, 0.5) is 5.69 Å². The molecule has 0 unspecified atom stereocenters. The van der Waals surface area contributed by atoms with Crippen LogP contribution in [-0.2, 0) is 30.8 Å². The number of nitrogens with one attached hydrogen (secondary N) is 1. The first kappa shape index (κ1) is 21.0. The second-order valence-corrected chi connectivity index (χ2v) is 9.19. The number of benzene rings is 1. The number of aromatic nitrogens is 1. The van der Waals surface area contributed by atoms with E-state index in [1.165, 1.54) is 31.5 Å². The molecule has 0 radical (unpaired) electrons. The molecule has 1 aromatic carbocycles. The zero-order chi connectivity index (χ0) is 20.2. The first-order chi connectivity index (χ1) is 12.6. The summed E-state index contributed by atoms with van der Waals surface area (Å²) in [4.78, 5) is 28.0. The highest BCUT2D eigenvalue weighted by Crippen LogP contribution is 2.22. The predicted molar refractivity (Wildman–Crippen MR) is 102 cm³/mol. The Bertz CT molecular complexity index is 951. The molecule has 0 aliphatic carbocycles. The quantitative estimate of drug-likeness (QED) is 0.696. The molecule has 1 amide bonds. The Balaban J connectivity index is 1.96. The Morgan fingerprint density at radius 1 is 1.26 bits per heavy atom. The SMILES string of the molecule is Cc1nc(CC(=O)OCC(=O)Nc2ccc(C)c(S(=O)(=O)N(C)C)c2)cs1. The highest BCUT2D eigenvalue weighted by molar-refractivity contribution is 7.89. The predicted octanol–water partition coefficient (Wildman–Crippen LogP) is 1.73. The number of hydrogen-bond donors (Lipinski definition) is 1. The van der Waals surface area contributed by atoms with Crippen molar-refractivity contribution in [2.75, 3.05) is 26.0 Å². The van der Waals surface area contributed by atoms with Crippen LogP contribution < -0.4 is 5.32 Å². The van der Waals surface area contributed by atoms with Gasteiger partial charge in [-0.15, -0.1) is 11.3 Å². The molecule has 0 atom stereocenters. The second kappa shape index (κ2) is 8.59. The van der Waals surface area contributed by atoms with Gasteiger partial charge in [-0.05, 0) is 31.5 Å². The fraction of sp³-hybridized carbons (Fsp3) is 0.353. The largest absolute Gasteiger partial charge is 0.455 e. The number of rotatable bonds is 7. The minimum atomic E-state index is -3.63. The lowest BCUT2D eigenvalue weighted by Crippen LogP contribution is -2.24. The average molecular weight is 412 g/mol. The lowest BCUT2D eigenvalue weighted by atomic mass is 10.2. The van der Waals surface area contributed by atoms with Crippen LogP contribution in [0, 0.1) is 13.8 Å². The minimum Gasteiger partial charge on any atom is -0.455 e. The summed E-state index contributed by atoms with van der Waals surface area (Å²) in [6.07, 6.45) is -0.00657. The van der Waals surface area contributed by atoms with Crippen LogP contribution in [0.3, 0.4) is 0 Å². The Labute approximate surface area is 162 Å². The highest BCUT2D eigenvalue weighted by atomic mass is 32.2. The summed E-state index contributed by atoms with van der Waals surface area (Å²) in [7, 11) is -0.766. The summed E-state index contributed by atoms with van der Waals surface area (Å²) in [5, 5.41) is 5.14. The number of nitrogens with zero attached hydrogens (tertiary/aromatic N) is 2. The smallest absolute Gasteiger partial charge is 0.312 e. The fourth-order valence-corrected chi connectivity index (χ4v) is 3.94. The minimum absolute atomic E-state index is 0.00657. The van der Waals surface area contributed by atoms with Crippen molar-refractivity contribution in [1.29, 1.82) is 0 Å². The van der Waals surface area contributed by atoms with Gasteiger partial charge in [0.1, 0.15) is 0 Å². The molecule has 8 nitrogen and oxygen atoms in total. The number of thiazole rings is 1. The van der Waals surface area contributed by atoms with Gasteiger partial charge in [0.2, 0.25) is 10.0 Å². The Hall–Kier alpha value is -2.30. The molecular weight excluding hydrogens is 390 g/mol. The van der Waals surface area contributed by atoms with Gasteiger partial charge in [-0.25, -0.2) is 17.7 Å². The van der Waals surface area contributed by atoms with Crippen molar-refractivity contribution in [3.8, 4) is 0 Å². The highest BCUT2D eigenvalue weighted by Gasteiger charge is 2.20. The maximum atomic E-state index is 12.3. The van der Waals surface area contributed by atoms with Crippen molar-refractivity contribution >= 4 is 38.9 Å². The maximum absolute atomic E-state index is 12.3. The molecule has 2 rings (SSSR count). The van der Waals surface area contributed by atoms with E-state index >= 15 is 0 Å². The maximum Gasteiger partial charge on any atom is 0.312 e. The van der Waals surface area contributed by atoms with Gasteiger partial charge in [-0.2, -0.15) is 0 Å². The zero-order valence-electron chi connectivity index (χ0n) is 15.5. The molecule has 146 valence electrons. The molecular formula is C17H21N3O5S2. The molecule has 0 fully saturated rings. The normalized spacial score (nSPS) is 11.4. The van der Waals surface area contributed by atoms with Gasteiger partial charge in [0.25, 0.3) is 5.91 Å². The van der Waals surface area contributed by atoms with E-state index in [0.717, 1.165) is 9.31 Å². The lowest BCUT2D eigenvalue weighted by molar-refractivity contribution is -0.146. The first-order valence-corrected chi connectivity index (χ1v) is 10.3. The van der Waals surface area contributed by atoms with Crippen molar-refractivity contribution < 1.29 is 22.7 Å². The molecule has 0 spiro atoms. The lowest BCUT2D eigenvalue weighted by Gasteiger charge is -2.15. The zero-order valence-corrected chi connectivity index (χ0v) is 17.1. The number of sulfonamides is 1. The Morgan fingerprint density at radius 2 is 1.96 bits per heavy atom. The second-order valence-electron chi connectivity index (χ2n) is 6.01. The number of aryl methyl sites for hydroxylation is 2. The summed E-state index contributed by atoms with van der Waals surface area (Å²) in [6, 6.07) is 4.56. The Morgan fingerprint density at radius 3 is 2.56 bits per heavy atom. The van der Waals surface area contributed by atoms with E-state index < -0.39 is 28.5 Å². The number of amides is 1. The van der Waals surface area contributed by atoms with Crippen molar-refractivity contribution in [2.45, 2.75) is 25.2 Å². The number of hydrogen-bond acceptors (Lipinski definition) is 7. The van der Waals surface area contributed by atoms with E-state index in [1.807, 2.05) is 6.92 Å². The van der Waals surface area contributed by atoms with E-state index in [9.17, 15) is 18.0 Å². The topological polar surface area (TPSA) is 106 Å². The molecule has 0 aliphatic heterocycles. The molecule has 1 N–H and O–H groups in total. The molecule has 0 aliphatic rings. The van der Waals surface area contributed by atoms with Crippen LogP contribution in [0.25, 0.3) is 0 Å². The fourth-order valence-electron chi connectivity index (χ4n) is 2.18. The van der Waals surface area contributed by atoms with Crippen LogP contribution in [0.5, 0.6) is 0 Å². The van der Waals surface area contributed by atoms with Crippen LogP contribution in [0.1, 0.15) is 16.3 Å². The molecule has 1 heterocycles. The third kappa shape index (κ3) is 5.59. The van der Waals surface area contributed by atoms with Gasteiger partial charge >= 0.3 is 5.97 Å². The molecule has 1 aromatic heterocycles. The van der Waals surface area contributed by atoms with Crippen molar-refractivity contribution in [2.24, 2.45) is 0 Å². The van der Waals surface area contributed by atoms with Gasteiger partial charge in [0.15, 0.2) is 6.61 Å². The molecule has 10 heteroatoms. The molecule has 0 bridgehead atoms. The van der Waals surface area contributed by atoms with Crippen LogP contribution in [0.15, 0.2) is 28.5 Å². The molecule has 2 aromatic rings. The summed E-state index contributed by atoms with van der Waals surface area (Å²) in [5.41, 5.74) is 1.46. The summed E-state index contributed by atoms with van der Waals surface area (Å²) in [6.45, 7) is 3.04. The van der Waals surface area contributed by atoms with Gasteiger partial charge in [0.05, 0.1) is 22.0 Å². The monoisotopic (exact) mass is 411 g/mol. The number of carbonyl (C=O) groups excluding carboxylic acids is 2. The average Bonchev–Trinajstić information content (AvgIpc) is 2.99. The molecule has 0 saturated heterocycles. The first-order valence-electron chi connectivity index (χ1n) is 7.99. The number of anilines is 1. The van der Waals surface area contributed by atoms with Crippen LogP contribution in [0.2, 0.25) is 0 Å². The van der Waals surface area contributed by atoms with E-state index in [1.54, 1.807) is 24.4 Å². The number of ether oxygens (including phenoxy) is 1. The van der Waals surface area contributed by atoms with E-state index in [0.29, 0.717) is 16.9 Å². The number of carbonyl (C=O) groups is 2. The standard InChI is InChI=1S/C17H21N3O5S2/c1-11-5-6-13(7-15(11)27(23,24)20(3)4)19-16(21)9-25-17(22)8-14-10-26-12(2)18-14/h5-7,10H,8-9H2,1-4H3,(H,19,21). The molecule has 0 saturated carbocycles. The van der Waals surface area contributed by atoms with Gasteiger partial charge in [0, 0.05) is 25.2 Å². The van der Waals surface area contributed by atoms with E-state index in [2.05, 4.69) is 10.3 Å².